The van der Waals surface area contributed by atoms with Crippen LogP contribution in [0.25, 0.3) is 17.3 Å². The number of aryl methyl sites for hydroxylation is 2. The van der Waals surface area contributed by atoms with E-state index in [4.69, 9.17) is 19.8 Å². The third-order valence-corrected chi connectivity index (χ3v) is 5.21. The fourth-order valence-electron chi connectivity index (χ4n) is 2.88. The molecule has 0 radical (unpaired) electrons. The first-order valence-electron chi connectivity index (χ1n) is 8.92. The van der Waals surface area contributed by atoms with Gasteiger partial charge >= 0.3 is 0 Å². The van der Waals surface area contributed by atoms with Crippen LogP contribution in [0.1, 0.15) is 17.3 Å². The van der Waals surface area contributed by atoms with E-state index >= 15 is 0 Å². The molecule has 0 spiro atoms. The van der Waals surface area contributed by atoms with E-state index in [0.717, 1.165) is 17.0 Å². The van der Waals surface area contributed by atoms with Crippen LogP contribution in [0.3, 0.4) is 0 Å². The van der Waals surface area contributed by atoms with Gasteiger partial charge in [-0.2, -0.15) is 10.1 Å². The molecule has 3 aromatic heterocycles. The summed E-state index contributed by atoms with van der Waals surface area (Å²) in [6.07, 6.45) is 0. The van der Waals surface area contributed by atoms with E-state index in [2.05, 4.69) is 25.4 Å². The van der Waals surface area contributed by atoms with Crippen molar-refractivity contribution >= 4 is 11.8 Å². The van der Waals surface area contributed by atoms with Crippen molar-refractivity contribution in [3.63, 3.8) is 0 Å². The summed E-state index contributed by atoms with van der Waals surface area (Å²) >= 11 is 1.33. The molecular weight excluding hydrogens is 408 g/mol. The van der Waals surface area contributed by atoms with Crippen LogP contribution in [-0.2, 0) is 5.75 Å². The zero-order valence-corrected chi connectivity index (χ0v) is 17.7. The van der Waals surface area contributed by atoms with Gasteiger partial charge in [-0.15, -0.1) is 10.2 Å². The second-order valence-electron chi connectivity index (χ2n) is 6.36. The summed E-state index contributed by atoms with van der Waals surface area (Å²) in [5, 5.41) is 17.2. The van der Waals surface area contributed by atoms with Crippen LogP contribution in [0.2, 0.25) is 0 Å². The molecule has 0 aliphatic carbocycles. The van der Waals surface area contributed by atoms with Crippen molar-refractivity contribution < 1.29 is 14.0 Å². The second kappa shape index (κ2) is 8.06. The molecule has 0 aliphatic heterocycles. The SMILES string of the molecule is COc1ccc(-c2noc(CSc3nnc(-n4nc(C)cc4C)n3N)n2)cc1OC. The number of aromatic nitrogens is 7. The molecule has 1 aromatic carbocycles. The van der Waals surface area contributed by atoms with Crippen LogP contribution >= 0.6 is 11.8 Å². The van der Waals surface area contributed by atoms with Crippen molar-refractivity contribution in [2.75, 3.05) is 20.1 Å². The Morgan fingerprint density at radius 1 is 1.10 bits per heavy atom. The number of thioether (sulfide) groups is 1. The predicted molar refractivity (Wildman–Crippen MR) is 109 cm³/mol. The molecule has 156 valence electrons. The number of ether oxygens (including phenoxy) is 2. The van der Waals surface area contributed by atoms with Gasteiger partial charge in [-0.05, 0) is 38.1 Å². The Morgan fingerprint density at radius 3 is 2.60 bits per heavy atom. The van der Waals surface area contributed by atoms with E-state index in [0.29, 0.717) is 40.1 Å². The summed E-state index contributed by atoms with van der Waals surface area (Å²) in [7, 11) is 3.15. The lowest BCUT2D eigenvalue weighted by Crippen LogP contribution is -2.17. The first-order chi connectivity index (χ1) is 14.5. The maximum Gasteiger partial charge on any atom is 0.271 e. The molecule has 4 aromatic rings. The number of rotatable bonds is 7. The first kappa shape index (κ1) is 19.8. The van der Waals surface area contributed by atoms with Crippen molar-refractivity contribution in [1.82, 2.24) is 34.8 Å². The van der Waals surface area contributed by atoms with Crippen molar-refractivity contribution in [1.29, 1.82) is 0 Å². The molecule has 4 rings (SSSR count). The van der Waals surface area contributed by atoms with E-state index in [-0.39, 0.29) is 0 Å². The molecular formula is C18H20N8O3S. The van der Waals surface area contributed by atoms with Gasteiger partial charge in [0.1, 0.15) is 0 Å². The van der Waals surface area contributed by atoms with Crippen LogP contribution < -0.4 is 15.3 Å². The largest absolute Gasteiger partial charge is 0.493 e. The van der Waals surface area contributed by atoms with Crippen LogP contribution in [0.5, 0.6) is 11.5 Å². The average Bonchev–Trinajstić information content (AvgIpc) is 3.44. The van der Waals surface area contributed by atoms with Gasteiger partial charge in [0.2, 0.25) is 16.9 Å². The lowest BCUT2D eigenvalue weighted by molar-refractivity contribution is 0.355. The maximum absolute atomic E-state index is 6.15. The molecule has 0 aliphatic rings. The molecule has 0 unspecified atom stereocenters. The highest BCUT2D eigenvalue weighted by atomic mass is 32.2. The molecule has 12 heteroatoms. The number of nitrogens with two attached hydrogens (primary N) is 1. The van der Waals surface area contributed by atoms with Crippen LogP contribution in [0, 0.1) is 13.8 Å². The molecule has 2 N–H and O–H groups in total. The molecule has 30 heavy (non-hydrogen) atoms. The minimum atomic E-state index is 0.382. The zero-order chi connectivity index (χ0) is 21.3. The molecule has 0 amide bonds. The van der Waals surface area contributed by atoms with Crippen molar-refractivity contribution in [3.05, 3.63) is 41.5 Å². The average molecular weight is 428 g/mol. The van der Waals surface area contributed by atoms with Gasteiger partial charge in [0, 0.05) is 11.3 Å². The predicted octanol–water partition coefficient (Wildman–Crippen LogP) is 2.15. The fourth-order valence-corrected chi connectivity index (χ4v) is 3.57. The lowest BCUT2D eigenvalue weighted by atomic mass is 10.2. The van der Waals surface area contributed by atoms with E-state index in [1.807, 2.05) is 26.0 Å². The Balaban J connectivity index is 1.49. The summed E-state index contributed by atoms with van der Waals surface area (Å²) in [6, 6.07) is 7.35. The molecule has 3 heterocycles. The summed E-state index contributed by atoms with van der Waals surface area (Å²) < 4.78 is 19.0. The van der Waals surface area contributed by atoms with E-state index < -0.39 is 0 Å². The Hall–Kier alpha value is -3.54. The van der Waals surface area contributed by atoms with Gasteiger partial charge < -0.3 is 19.8 Å². The third kappa shape index (κ3) is 3.68. The number of methoxy groups -OCH3 is 2. The molecule has 0 saturated carbocycles. The van der Waals surface area contributed by atoms with Gasteiger partial charge in [-0.1, -0.05) is 16.9 Å². The second-order valence-corrected chi connectivity index (χ2v) is 7.30. The minimum absolute atomic E-state index is 0.382. The summed E-state index contributed by atoms with van der Waals surface area (Å²) in [6.45, 7) is 3.83. The van der Waals surface area contributed by atoms with E-state index in [1.54, 1.807) is 31.0 Å². The Labute approximate surface area is 176 Å². The van der Waals surface area contributed by atoms with Crippen LogP contribution in [0.15, 0.2) is 33.9 Å². The molecule has 0 saturated heterocycles. The van der Waals surface area contributed by atoms with Crippen molar-refractivity contribution in [2.24, 2.45) is 0 Å². The molecule has 0 fully saturated rings. The van der Waals surface area contributed by atoms with Crippen LogP contribution in [0.4, 0.5) is 0 Å². The van der Waals surface area contributed by atoms with Gasteiger partial charge in [0.25, 0.3) is 5.95 Å². The highest BCUT2D eigenvalue weighted by Gasteiger charge is 2.17. The Kier molecular flexibility index (Phi) is 5.31. The number of hydrogen-bond acceptors (Lipinski definition) is 10. The smallest absolute Gasteiger partial charge is 0.271 e. The van der Waals surface area contributed by atoms with Gasteiger partial charge in [-0.25, -0.2) is 9.36 Å². The normalized spacial score (nSPS) is 11.1. The Morgan fingerprint density at radius 2 is 1.90 bits per heavy atom. The van der Waals surface area contributed by atoms with Gasteiger partial charge in [-0.3, -0.25) is 0 Å². The maximum atomic E-state index is 6.15. The van der Waals surface area contributed by atoms with Crippen molar-refractivity contribution in [3.8, 4) is 28.8 Å². The number of nitrogen functional groups attached to an aromatic ring is 1. The highest BCUT2D eigenvalue weighted by Crippen LogP contribution is 2.31. The summed E-state index contributed by atoms with van der Waals surface area (Å²) in [5.41, 5.74) is 2.54. The van der Waals surface area contributed by atoms with E-state index in [9.17, 15) is 0 Å². The van der Waals surface area contributed by atoms with Crippen LogP contribution in [-0.4, -0.2) is 49.0 Å². The monoisotopic (exact) mass is 428 g/mol. The lowest BCUT2D eigenvalue weighted by Gasteiger charge is -2.07. The standard InChI is InChI=1S/C18H20N8O3S/c1-10-7-11(2)26(23-10)17-21-22-18(25(17)19)30-9-15-20-16(24-29-15)12-5-6-13(27-3)14(8-12)28-4/h5-8H,9,19H2,1-4H3. The number of benzene rings is 1. The topological polar surface area (TPSA) is 132 Å². The zero-order valence-electron chi connectivity index (χ0n) is 16.9. The van der Waals surface area contributed by atoms with E-state index in [1.165, 1.54) is 16.4 Å². The summed E-state index contributed by atoms with van der Waals surface area (Å²) in [4.78, 5) is 4.43. The minimum Gasteiger partial charge on any atom is -0.493 e. The van der Waals surface area contributed by atoms with Crippen molar-refractivity contribution in [2.45, 2.75) is 24.8 Å². The van der Waals surface area contributed by atoms with Gasteiger partial charge in [0.05, 0.1) is 25.7 Å². The first-order valence-corrected chi connectivity index (χ1v) is 9.90. The quantitative estimate of drug-likeness (QED) is 0.345. The molecule has 0 atom stereocenters. The Bertz CT molecular complexity index is 1180. The number of nitrogens with zero attached hydrogens (tertiary/aromatic N) is 7. The van der Waals surface area contributed by atoms with Gasteiger partial charge in [0.15, 0.2) is 11.5 Å². The fraction of sp³-hybridized carbons (Fsp3) is 0.278. The third-order valence-electron chi connectivity index (χ3n) is 4.28. The number of hydrogen-bond donors (Lipinski definition) is 1. The molecule has 0 bridgehead atoms. The highest BCUT2D eigenvalue weighted by molar-refractivity contribution is 7.98. The molecule has 11 nitrogen and oxygen atoms in total. The summed E-state index contributed by atoms with van der Waals surface area (Å²) in [5.74, 6) is 9.05.